The summed E-state index contributed by atoms with van der Waals surface area (Å²) in [7, 11) is 0. The number of ether oxygens (including phenoxy) is 1. The summed E-state index contributed by atoms with van der Waals surface area (Å²) in [5, 5.41) is 9.98. The largest absolute Gasteiger partial charge is 0.491 e. The van der Waals surface area contributed by atoms with Crippen LogP contribution in [0, 0.1) is 13.8 Å². The Morgan fingerprint density at radius 3 is 3.05 bits per heavy atom. The van der Waals surface area contributed by atoms with Gasteiger partial charge in [0, 0.05) is 11.3 Å². The molecule has 0 bridgehead atoms. The SMILES string of the molecule is Cc1n[nH]c(C)c1CC(=O)Nc1cccc2c1OCCC2. The number of nitrogens with one attached hydrogen (secondary N) is 2. The van der Waals surface area contributed by atoms with Crippen LogP contribution in [0.1, 0.15) is 28.9 Å². The molecular formula is C16H19N3O2. The maximum Gasteiger partial charge on any atom is 0.229 e. The average Bonchev–Trinajstić information content (AvgIpc) is 2.79. The number of carbonyl (C=O) groups is 1. The quantitative estimate of drug-likeness (QED) is 0.910. The molecule has 2 N–H and O–H groups in total. The molecule has 2 heterocycles. The van der Waals surface area contributed by atoms with Crippen molar-refractivity contribution in [1.29, 1.82) is 0 Å². The highest BCUT2D eigenvalue weighted by Crippen LogP contribution is 2.32. The molecular weight excluding hydrogens is 266 g/mol. The monoisotopic (exact) mass is 285 g/mol. The predicted molar refractivity (Wildman–Crippen MR) is 80.7 cm³/mol. The van der Waals surface area contributed by atoms with Crippen LogP contribution >= 0.6 is 0 Å². The summed E-state index contributed by atoms with van der Waals surface area (Å²) < 4.78 is 5.70. The van der Waals surface area contributed by atoms with Crippen molar-refractivity contribution in [2.24, 2.45) is 0 Å². The summed E-state index contributed by atoms with van der Waals surface area (Å²) in [5.41, 5.74) is 4.69. The average molecular weight is 285 g/mol. The second-order valence-electron chi connectivity index (χ2n) is 5.38. The Labute approximate surface area is 123 Å². The summed E-state index contributed by atoms with van der Waals surface area (Å²) in [6.45, 7) is 4.54. The predicted octanol–water partition coefficient (Wildman–Crippen LogP) is 2.53. The number of aryl methyl sites for hydroxylation is 3. The number of aromatic amines is 1. The molecule has 0 saturated heterocycles. The van der Waals surface area contributed by atoms with Gasteiger partial charge in [0.15, 0.2) is 0 Å². The second kappa shape index (κ2) is 5.60. The lowest BCUT2D eigenvalue weighted by atomic mass is 10.0. The third-order valence-corrected chi connectivity index (χ3v) is 3.83. The van der Waals surface area contributed by atoms with Gasteiger partial charge in [0.2, 0.25) is 5.91 Å². The van der Waals surface area contributed by atoms with Crippen LogP contribution in [0.4, 0.5) is 5.69 Å². The number of carbonyl (C=O) groups excluding carboxylic acids is 1. The van der Waals surface area contributed by atoms with E-state index in [2.05, 4.69) is 21.6 Å². The number of anilines is 1. The first kappa shape index (κ1) is 13.7. The molecule has 0 aliphatic carbocycles. The Morgan fingerprint density at radius 1 is 1.43 bits per heavy atom. The number of fused-ring (bicyclic) bond motifs is 1. The Balaban J connectivity index is 1.76. The van der Waals surface area contributed by atoms with E-state index < -0.39 is 0 Å². The number of H-pyrrole nitrogens is 1. The number of aromatic nitrogens is 2. The molecule has 1 aliphatic heterocycles. The van der Waals surface area contributed by atoms with Gasteiger partial charge in [-0.2, -0.15) is 5.10 Å². The third kappa shape index (κ3) is 2.77. The van der Waals surface area contributed by atoms with E-state index in [0.29, 0.717) is 13.0 Å². The van der Waals surface area contributed by atoms with Crippen LogP contribution in [0.3, 0.4) is 0 Å². The summed E-state index contributed by atoms with van der Waals surface area (Å²) in [5.74, 6) is 0.767. The zero-order valence-electron chi connectivity index (χ0n) is 12.3. The number of nitrogens with zero attached hydrogens (tertiary/aromatic N) is 1. The Bertz CT molecular complexity index is 657. The number of para-hydroxylation sites is 1. The Kier molecular flexibility index (Phi) is 3.64. The third-order valence-electron chi connectivity index (χ3n) is 3.83. The van der Waals surface area contributed by atoms with E-state index in [4.69, 9.17) is 4.74 Å². The van der Waals surface area contributed by atoms with Crippen LogP contribution in [0.2, 0.25) is 0 Å². The van der Waals surface area contributed by atoms with Crippen LogP contribution in [-0.4, -0.2) is 22.7 Å². The van der Waals surface area contributed by atoms with Crippen LogP contribution in [0.5, 0.6) is 5.75 Å². The first-order valence-electron chi connectivity index (χ1n) is 7.20. The van der Waals surface area contributed by atoms with Crippen LogP contribution in [0.25, 0.3) is 0 Å². The molecule has 0 spiro atoms. The van der Waals surface area contributed by atoms with E-state index in [0.717, 1.165) is 46.8 Å². The maximum atomic E-state index is 12.3. The van der Waals surface area contributed by atoms with Crippen molar-refractivity contribution in [2.45, 2.75) is 33.1 Å². The standard InChI is InChI=1S/C16H19N3O2/c1-10-13(11(2)19-18-10)9-15(20)17-14-7-3-5-12-6-4-8-21-16(12)14/h3,5,7H,4,6,8-9H2,1-2H3,(H,17,20)(H,18,19). The summed E-state index contributed by atoms with van der Waals surface area (Å²) >= 11 is 0. The normalized spacial score (nSPS) is 13.4. The number of amides is 1. The van der Waals surface area contributed by atoms with Gasteiger partial charge < -0.3 is 10.1 Å². The van der Waals surface area contributed by atoms with Gasteiger partial charge in [0.25, 0.3) is 0 Å². The van der Waals surface area contributed by atoms with Crippen molar-refractivity contribution in [3.05, 3.63) is 40.7 Å². The fourth-order valence-corrected chi connectivity index (χ4v) is 2.68. The van der Waals surface area contributed by atoms with Crippen molar-refractivity contribution < 1.29 is 9.53 Å². The van der Waals surface area contributed by atoms with Crippen LogP contribution in [-0.2, 0) is 17.6 Å². The molecule has 5 heteroatoms. The van der Waals surface area contributed by atoms with E-state index in [1.54, 1.807) is 0 Å². The van der Waals surface area contributed by atoms with Gasteiger partial charge in [-0.3, -0.25) is 9.89 Å². The highest BCUT2D eigenvalue weighted by molar-refractivity contribution is 5.94. The van der Waals surface area contributed by atoms with E-state index in [1.165, 1.54) is 0 Å². The van der Waals surface area contributed by atoms with Crippen molar-refractivity contribution in [3.8, 4) is 5.75 Å². The molecule has 0 atom stereocenters. The maximum absolute atomic E-state index is 12.3. The molecule has 1 aromatic heterocycles. The first-order valence-corrected chi connectivity index (χ1v) is 7.20. The van der Waals surface area contributed by atoms with Gasteiger partial charge in [0.05, 0.1) is 24.4 Å². The van der Waals surface area contributed by atoms with Crippen molar-refractivity contribution in [2.75, 3.05) is 11.9 Å². The summed E-state index contributed by atoms with van der Waals surface area (Å²) in [6, 6.07) is 5.89. The Hall–Kier alpha value is -2.30. The minimum atomic E-state index is -0.0508. The molecule has 0 fully saturated rings. The van der Waals surface area contributed by atoms with Gasteiger partial charge in [-0.1, -0.05) is 12.1 Å². The summed E-state index contributed by atoms with van der Waals surface area (Å²) in [6.07, 6.45) is 2.34. The molecule has 1 aliphatic rings. The lowest BCUT2D eigenvalue weighted by molar-refractivity contribution is -0.115. The molecule has 1 aromatic carbocycles. The van der Waals surface area contributed by atoms with Gasteiger partial charge in [-0.15, -0.1) is 0 Å². The highest BCUT2D eigenvalue weighted by atomic mass is 16.5. The molecule has 110 valence electrons. The number of hydrogen-bond donors (Lipinski definition) is 2. The zero-order chi connectivity index (χ0) is 14.8. The molecule has 21 heavy (non-hydrogen) atoms. The molecule has 3 rings (SSSR count). The van der Waals surface area contributed by atoms with Crippen molar-refractivity contribution in [3.63, 3.8) is 0 Å². The highest BCUT2D eigenvalue weighted by Gasteiger charge is 2.17. The molecule has 0 unspecified atom stereocenters. The van der Waals surface area contributed by atoms with E-state index >= 15 is 0 Å². The van der Waals surface area contributed by atoms with Gasteiger partial charge >= 0.3 is 0 Å². The number of rotatable bonds is 3. The fraction of sp³-hybridized carbons (Fsp3) is 0.375. The minimum absolute atomic E-state index is 0.0508. The van der Waals surface area contributed by atoms with E-state index in [9.17, 15) is 4.79 Å². The fourth-order valence-electron chi connectivity index (χ4n) is 2.68. The van der Waals surface area contributed by atoms with Gasteiger partial charge in [-0.05, 0) is 38.3 Å². The number of benzene rings is 1. The van der Waals surface area contributed by atoms with Crippen LogP contribution in [0.15, 0.2) is 18.2 Å². The Morgan fingerprint density at radius 2 is 2.29 bits per heavy atom. The lowest BCUT2D eigenvalue weighted by Crippen LogP contribution is -2.18. The van der Waals surface area contributed by atoms with E-state index in [1.807, 2.05) is 26.0 Å². The van der Waals surface area contributed by atoms with Crippen LogP contribution < -0.4 is 10.1 Å². The van der Waals surface area contributed by atoms with Gasteiger partial charge in [0.1, 0.15) is 5.75 Å². The van der Waals surface area contributed by atoms with Gasteiger partial charge in [-0.25, -0.2) is 0 Å². The zero-order valence-corrected chi connectivity index (χ0v) is 12.3. The van der Waals surface area contributed by atoms with Crippen molar-refractivity contribution in [1.82, 2.24) is 10.2 Å². The topological polar surface area (TPSA) is 67.0 Å². The molecule has 0 saturated carbocycles. The smallest absolute Gasteiger partial charge is 0.229 e. The lowest BCUT2D eigenvalue weighted by Gasteiger charge is -2.20. The molecule has 2 aromatic rings. The molecule has 0 radical (unpaired) electrons. The minimum Gasteiger partial charge on any atom is -0.491 e. The molecule has 5 nitrogen and oxygen atoms in total. The summed E-state index contributed by atoms with van der Waals surface area (Å²) in [4.78, 5) is 12.3. The second-order valence-corrected chi connectivity index (χ2v) is 5.38. The first-order chi connectivity index (χ1) is 10.1. The van der Waals surface area contributed by atoms with E-state index in [-0.39, 0.29) is 5.91 Å². The number of hydrogen-bond acceptors (Lipinski definition) is 3. The molecule has 1 amide bonds. The van der Waals surface area contributed by atoms with Crippen molar-refractivity contribution >= 4 is 11.6 Å².